The third-order valence-electron chi connectivity index (χ3n) is 6.61. The molecule has 7 heteroatoms. The van der Waals surface area contributed by atoms with Crippen LogP contribution in [0.25, 0.3) is 11.0 Å². The summed E-state index contributed by atoms with van der Waals surface area (Å²) in [7, 11) is 0. The van der Waals surface area contributed by atoms with Crippen LogP contribution in [-0.2, 0) is 19.5 Å². The highest BCUT2D eigenvalue weighted by Crippen LogP contribution is 2.23. The van der Waals surface area contributed by atoms with Gasteiger partial charge in [-0.25, -0.2) is 4.98 Å². The van der Waals surface area contributed by atoms with Crippen molar-refractivity contribution in [3.63, 3.8) is 0 Å². The van der Waals surface area contributed by atoms with Crippen LogP contribution >= 0.6 is 0 Å². The molecule has 2 aliphatic rings. The molecular weight excluding hydrogens is 392 g/mol. The summed E-state index contributed by atoms with van der Waals surface area (Å²) in [6.45, 7) is 6.82. The molecule has 31 heavy (non-hydrogen) atoms. The van der Waals surface area contributed by atoms with Crippen LogP contribution in [0.4, 0.5) is 5.95 Å². The monoisotopic (exact) mass is 420 g/mol. The number of anilines is 1. The molecule has 1 atom stereocenters. The second kappa shape index (κ2) is 7.96. The highest BCUT2D eigenvalue weighted by atomic mass is 16.3. The van der Waals surface area contributed by atoms with Crippen molar-refractivity contribution in [1.82, 2.24) is 14.9 Å². The number of piperidine rings is 1. The third-order valence-corrected chi connectivity index (χ3v) is 6.61. The molecule has 1 fully saturated rings. The van der Waals surface area contributed by atoms with Crippen LogP contribution < -0.4 is 15.9 Å². The van der Waals surface area contributed by atoms with Crippen LogP contribution in [0, 0.1) is 6.92 Å². The van der Waals surface area contributed by atoms with E-state index in [2.05, 4.69) is 21.7 Å². The molecule has 3 aromatic rings. The molecule has 1 saturated heterocycles. The van der Waals surface area contributed by atoms with Crippen LogP contribution in [0.1, 0.15) is 48.6 Å². The average molecular weight is 421 g/mol. The number of fused-ring (bicyclic) bond motifs is 2. The summed E-state index contributed by atoms with van der Waals surface area (Å²) < 4.78 is 5.72. The Morgan fingerprint density at radius 2 is 2.10 bits per heavy atom. The SMILES string of the molecule is Cc1ccc2occ(CN3CCc4c(nc(N5CCCC[C@@H]5C)[nH]c4=O)C3)c(=O)c2c1. The van der Waals surface area contributed by atoms with Gasteiger partial charge >= 0.3 is 0 Å². The number of aromatic nitrogens is 2. The quantitative estimate of drug-likeness (QED) is 0.701. The summed E-state index contributed by atoms with van der Waals surface area (Å²) in [5, 5.41) is 0.617. The Balaban J connectivity index is 1.42. The first-order valence-corrected chi connectivity index (χ1v) is 11.1. The molecule has 7 nitrogen and oxygen atoms in total. The van der Waals surface area contributed by atoms with Gasteiger partial charge in [0.05, 0.1) is 17.3 Å². The zero-order valence-electron chi connectivity index (χ0n) is 18.1. The fourth-order valence-corrected chi connectivity index (χ4v) is 4.80. The number of hydrogen-bond acceptors (Lipinski definition) is 6. The Labute approximate surface area is 180 Å². The van der Waals surface area contributed by atoms with Gasteiger partial charge in [0.2, 0.25) is 5.95 Å². The van der Waals surface area contributed by atoms with E-state index in [1.54, 1.807) is 6.26 Å². The smallest absolute Gasteiger partial charge is 0.255 e. The van der Waals surface area contributed by atoms with Crippen molar-refractivity contribution in [2.24, 2.45) is 0 Å². The number of hydrogen-bond donors (Lipinski definition) is 1. The molecule has 1 N–H and O–H groups in total. The Hall–Kier alpha value is -2.93. The summed E-state index contributed by atoms with van der Waals surface area (Å²) >= 11 is 0. The summed E-state index contributed by atoms with van der Waals surface area (Å²) in [5.74, 6) is 0.679. The number of aryl methyl sites for hydroxylation is 1. The first kappa shape index (κ1) is 20.0. The van der Waals surface area contributed by atoms with E-state index in [-0.39, 0.29) is 11.0 Å². The minimum atomic E-state index is -0.0295. The van der Waals surface area contributed by atoms with E-state index in [1.807, 2.05) is 25.1 Å². The topological polar surface area (TPSA) is 82.4 Å². The first-order chi connectivity index (χ1) is 15.0. The Bertz CT molecular complexity index is 1250. The summed E-state index contributed by atoms with van der Waals surface area (Å²) in [5.41, 5.74) is 3.85. The molecule has 0 unspecified atom stereocenters. The molecule has 162 valence electrons. The van der Waals surface area contributed by atoms with Crippen molar-refractivity contribution < 1.29 is 4.42 Å². The molecule has 2 aliphatic heterocycles. The van der Waals surface area contributed by atoms with Crippen molar-refractivity contribution in [3.05, 3.63) is 67.4 Å². The molecule has 5 rings (SSSR count). The molecule has 4 heterocycles. The van der Waals surface area contributed by atoms with Gasteiger partial charge in [-0.05, 0) is 51.7 Å². The van der Waals surface area contributed by atoms with Crippen LogP contribution in [0.5, 0.6) is 0 Å². The van der Waals surface area contributed by atoms with Gasteiger partial charge in [0, 0.05) is 43.3 Å². The predicted molar refractivity (Wildman–Crippen MR) is 121 cm³/mol. The molecule has 1 aromatic carbocycles. The lowest BCUT2D eigenvalue weighted by molar-refractivity contribution is 0.238. The van der Waals surface area contributed by atoms with E-state index < -0.39 is 0 Å². The van der Waals surface area contributed by atoms with Crippen molar-refractivity contribution in [2.75, 3.05) is 18.0 Å². The van der Waals surface area contributed by atoms with E-state index in [0.29, 0.717) is 54.6 Å². The average Bonchev–Trinajstić information content (AvgIpc) is 2.76. The van der Waals surface area contributed by atoms with Crippen LogP contribution in [0.2, 0.25) is 0 Å². The Morgan fingerprint density at radius 1 is 1.23 bits per heavy atom. The molecule has 2 aromatic heterocycles. The van der Waals surface area contributed by atoms with Crippen LogP contribution in [0.3, 0.4) is 0 Å². The zero-order chi connectivity index (χ0) is 21.5. The van der Waals surface area contributed by atoms with Gasteiger partial charge in [0.1, 0.15) is 5.58 Å². The maximum atomic E-state index is 13.0. The van der Waals surface area contributed by atoms with Gasteiger partial charge in [-0.3, -0.25) is 19.5 Å². The molecule has 0 amide bonds. The number of nitrogens with one attached hydrogen (secondary N) is 1. The van der Waals surface area contributed by atoms with E-state index >= 15 is 0 Å². The van der Waals surface area contributed by atoms with Gasteiger partial charge < -0.3 is 9.32 Å². The highest BCUT2D eigenvalue weighted by Gasteiger charge is 2.26. The van der Waals surface area contributed by atoms with Gasteiger partial charge in [0.25, 0.3) is 5.56 Å². The lowest BCUT2D eigenvalue weighted by Crippen LogP contribution is -2.41. The fourth-order valence-electron chi connectivity index (χ4n) is 4.80. The van der Waals surface area contributed by atoms with Gasteiger partial charge in [-0.2, -0.15) is 0 Å². The summed E-state index contributed by atoms with van der Waals surface area (Å²) in [6.07, 6.45) is 5.65. The van der Waals surface area contributed by atoms with E-state index in [9.17, 15) is 9.59 Å². The van der Waals surface area contributed by atoms with Crippen LogP contribution in [0.15, 0.2) is 38.5 Å². The van der Waals surface area contributed by atoms with Gasteiger partial charge in [-0.15, -0.1) is 0 Å². The van der Waals surface area contributed by atoms with E-state index in [1.165, 1.54) is 6.42 Å². The van der Waals surface area contributed by atoms with Crippen LogP contribution in [-0.4, -0.2) is 34.0 Å². The zero-order valence-corrected chi connectivity index (χ0v) is 18.1. The van der Waals surface area contributed by atoms with Crippen molar-refractivity contribution in [1.29, 1.82) is 0 Å². The van der Waals surface area contributed by atoms with Crippen molar-refractivity contribution in [2.45, 2.75) is 58.7 Å². The molecule has 0 spiro atoms. The fraction of sp³-hybridized carbons (Fsp3) is 0.458. The van der Waals surface area contributed by atoms with E-state index in [0.717, 1.165) is 36.2 Å². The maximum absolute atomic E-state index is 13.0. The highest BCUT2D eigenvalue weighted by molar-refractivity contribution is 5.77. The third kappa shape index (κ3) is 3.78. The lowest BCUT2D eigenvalue weighted by Gasteiger charge is -2.35. The Morgan fingerprint density at radius 3 is 2.94 bits per heavy atom. The molecule has 0 bridgehead atoms. The lowest BCUT2D eigenvalue weighted by atomic mass is 10.0. The van der Waals surface area contributed by atoms with Gasteiger partial charge in [-0.1, -0.05) is 11.6 Å². The minimum absolute atomic E-state index is 0.0115. The Kier molecular flexibility index (Phi) is 5.14. The second-order valence-electron chi connectivity index (χ2n) is 8.90. The molecule has 0 radical (unpaired) electrons. The number of nitrogens with zero attached hydrogens (tertiary/aromatic N) is 3. The van der Waals surface area contributed by atoms with Crippen molar-refractivity contribution >= 4 is 16.9 Å². The molecule has 0 saturated carbocycles. The predicted octanol–water partition coefficient (Wildman–Crippen LogP) is 3.12. The maximum Gasteiger partial charge on any atom is 0.255 e. The number of benzene rings is 1. The standard InChI is InChI=1S/C24H28N4O3/c1-15-6-7-21-19(11-15)22(29)17(14-31-21)12-27-10-8-18-20(13-27)25-24(26-23(18)30)28-9-4-3-5-16(28)2/h6-7,11,14,16H,3-5,8-10,12-13H2,1-2H3,(H,25,26,30)/t16-/m0/s1. The number of aromatic amines is 1. The molecular formula is C24H28N4O3. The first-order valence-electron chi connectivity index (χ1n) is 11.1. The second-order valence-corrected chi connectivity index (χ2v) is 8.90. The number of H-pyrrole nitrogens is 1. The number of rotatable bonds is 3. The van der Waals surface area contributed by atoms with Crippen molar-refractivity contribution in [3.8, 4) is 0 Å². The largest absolute Gasteiger partial charge is 0.464 e. The summed E-state index contributed by atoms with van der Waals surface area (Å²) in [4.78, 5) is 38.0. The van der Waals surface area contributed by atoms with Gasteiger partial charge in [0.15, 0.2) is 5.43 Å². The normalized spacial score (nSPS) is 19.5. The minimum Gasteiger partial charge on any atom is -0.464 e. The molecule has 0 aliphatic carbocycles. The summed E-state index contributed by atoms with van der Waals surface area (Å²) in [6, 6.07) is 6.03. The van der Waals surface area contributed by atoms with E-state index in [4.69, 9.17) is 9.40 Å².